The quantitative estimate of drug-likeness (QED) is 0.457. The molecule has 1 aliphatic heterocycles. The summed E-state index contributed by atoms with van der Waals surface area (Å²) in [5, 5.41) is 10.8. The van der Waals surface area contributed by atoms with Crippen LogP contribution in [0.2, 0.25) is 0 Å². The predicted molar refractivity (Wildman–Crippen MR) is 124 cm³/mol. The Morgan fingerprint density at radius 2 is 2.06 bits per heavy atom. The van der Waals surface area contributed by atoms with Crippen LogP contribution in [0.1, 0.15) is 5.56 Å². The van der Waals surface area contributed by atoms with Gasteiger partial charge in [-0.05, 0) is 60.0 Å². The Morgan fingerprint density at radius 3 is 2.78 bits per heavy atom. The van der Waals surface area contributed by atoms with Gasteiger partial charge in [0.1, 0.15) is 12.6 Å². The maximum absolute atomic E-state index is 12.7. The second kappa shape index (κ2) is 10.7. The highest BCUT2D eigenvalue weighted by atomic mass is 32.2. The molecule has 0 spiro atoms. The van der Waals surface area contributed by atoms with Gasteiger partial charge in [0.2, 0.25) is 5.91 Å². The molecule has 1 aliphatic rings. The topological polar surface area (TPSA) is 109 Å². The molecule has 0 radical (unpaired) electrons. The average Bonchev–Trinajstić information content (AvgIpc) is 3.05. The number of hydrogen-bond acceptors (Lipinski definition) is 8. The van der Waals surface area contributed by atoms with Crippen molar-refractivity contribution in [3.05, 3.63) is 52.9 Å². The molecule has 2 aromatic carbocycles. The maximum Gasteiger partial charge on any atom is 0.294 e. The Labute approximate surface area is 193 Å². The van der Waals surface area contributed by atoms with Crippen LogP contribution in [-0.4, -0.2) is 48.5 Å². The summed E-state index contributed by atoms with van der Waals surface area (Å²) in [6.45, 7) is -0.506. The molecule has 3 rings (SSSR count). The third-order valence-corrected chi connectivity index (χ3v) is 5.94. The fourth-order valence-corrected chi connectivity index (χ4v) is 4.13. The van der Waals surface area contributed by atoms with Gasteiger partial charge >= 0.3 is 0 Å². The molecule has 2 aromatic rings. The molecule has 32 heavy (non-hydrogen) atoms. The third-order valence-electron chi connectivity index (χ3n) is 4.31. The summed E-state index contributed by atoms with van der Waals surface area (Å²) in [6.07, 6.45) is 3.47. The van der Waals surface area contributed by atoms with Crippen molar-refractivity contribution in [2.45, 2.75) is 4.90 Å². The number of hydrogen-bond donors (Lipinski definition) is 1. The Hall–Kier alpha value is -3.42. The maximum atomic E-state index is 12.7. The molecule has 1 heterocycles. The second-order valence-electron chi connectivity index (χ2n) is 6.41. The van der Waals surface area contributed by atoms with Crippen molar-refractivity contribution in [1.29, 1.82) is 5.26 Å². The molecule has 0 aromatic heterocycles. The number of methoxy groups -OCH3 is 1. The molecule has 8 nitrogen and oxygen atoms in total. The van der Waals surface area contributed by atoms with Crippen molar-refractivity contribution in [2.24, 2.45) is 0 Å². The summed E-state index contributed by atoms with van der Waals surface area (Å²) in [5.74, 6) is -0.231. The highest BCUT2D eigenvalue weighted by Gasteiger charge is 2.36. The van der Waals surface area contributed by atoms with Gasteiger partial charge < -0.3 is 14.8 Å². The first-order valence-corrected chi connectivity index (χ1v) is 11.4. The molecule has 164 valence electrons. The van der Waals surface area contributed by atoms with Crippen LogP contribution in [0, 0.1) is 11.3 Å². The zero-order valence-electron chi connectivity index (χ0n) is 17.3. The lowest BCUT2D eigenvalue weighted by molar-refractivity contribution is -0.127. The lowest BCUT2D eigenvalue weighted by atomic mass is 10.2. The fourth-order valence-electron chi connectivity index (χ4n) is 2.84. The van der Waals surface area contributed by atoms with Gasteiger partial charge in [0.25, 0.3) is 11.1 Å². The van der Waals surface area contributed by atoms with Crippen molar-refractivity contribution in [3.63, 3.8) is 0 Å². The van der Waals surface area contributed by atoms with Crippen LogP contribution in [0.4, 0.5) is 10.5 Å². The monoisotopic (exact) mass is 469 g/mol. The molecular formula is C22H19N3O5S2. The standard InChI is InChI=1S/C22H19N3O5S2/c1-29-18-10-14(6-7-17(18)30-9-8-23)11-19-21(27)25(22(28)32-19)13-20(26)24-15-4-3-5-16(12-15)31-2/h3-7,10-12H,9,13H2,1-2H3,(H,24,26)/b19-11-. The molecule has 0 aliphatic carbocycles. The SMILES string of the molecule is COc1cc(/C=C2\SC(=O)N(CC(=O)Nc3cccc(SC)c3)C2=O)ccc1OCC#N. The summed E-state index contributed by atoms with van der Waals surface area (Å²) < 4.78 is 10.5. The number of nitriles is 1. The van der Waals surface area contributed by atoms with E-state index >= 15 is 0 Å². The summed E-state index contributed by atoms with van der Waals surface area (Å²) in [6, 6.07) is 14.1. The van der Waals surface area contributed by atoms with E-state index in [0.717, 1.165) is 21.6 Å². The van der Waals surface area contributed by atoms with E-state index in [1.807, 2.05) is 30.5 Å². The molecule has 0 atom stereocenters. The second-order valence-corrected chi connectivity index (χ2v) is 8.28. The van der Waals surface area contributed by atoms with E-state index < -0.39 is 17.1 Å². The first-order chi connectivity index (χ1) is 15.4. The zero-order valence-corrected chi connectivity index (χ0v) is 18.9. The van der Waals surface area contributed by atoms with E-state index in [4.69, 9.17) is 14.7 Å². The molecule has 10 heteroatoms. The molecule has 0 bridgehead atoms. The van der Waals surface area contributed by atoms with E-state index in [0.29, 0.717) is 22.7 Å². The average molecular weight is 470 g/mol. The largest absolute Gasteiger partial charge is 0.493 e. The number of nitrogens with one attached hydrogen (secondary N) is 1. The Kier molecular flexibility index (Phi) is 7.81. The summed E-state index contributed by atoms with van der Waals surface area (Å²) >= 11 is 2.30. The fraction of sp³-hybridized carbons (Fsp3) is 0.182. The number of amides is 3. The number of thioether (sulfide) groups is 2. The van der Waals surface area contributed by atoms with Crippen molar-refractivity contribution in [1.82, 2.24) is 4.90 Å². The summed E-state index contributed by atoms with van der Waals surface area (Å²) in [4.78, 5) is 39.5. The summed E-state index contributed by atoms with van der Waals surface area (Å²) in [7, 11) is 1.46. The third kappa shape index (κ3) is 5.63. The molecule has 3 amide bonds. The van der Waals surface area contributed by atoms with Gasteiger partial charge in [0.15, 0.2) is 18.1 Å². The van der Waals surface area contributed by atoms with Crippen molar-refractivity contribution >= 4 is 52.3 Å². The minimum atomic E-state index is -0.545. The number of carbonyl (C=O) groups is 3. The van der Waals surface area contributed by atoms with Crippen LogP contribution in [-0.2, 0) is 9.59 Å². The highest BCUT2D eigenvalue weighted by Crippen LogP contribution is 2.34. The molecule has 0 saturated carbocycles. The number of nitrogens with zero attached hydrogens (tertiary/aromatic N) is 2. The van der Waals surface area contributed by atoms with Crippen LogP contribution in [0.15, 0.2) is 52.3 Å². The number of carbonyl (C=O) groups excluding carboxylic acids is 3. The zero-order chi connectivity index (χ0) is 23.1. The lowest BCUT2D eigenvalue weighted by Crippen LogP contribution is -2.36. The van der Waals surface area contributed by atoms with Crippen LogP contribution >= 0.6 is 23.5 Å². The van der Waals surface area contributed by atoms with Gasteiger partial charge in [-0.3, -0.25) is 19.3 Å². The smallest absolute Gasteiger partial charge is 0.294 e. The molecule has 1 N–H and O–H groups in total. The van der Waals surface area contributed by atoms with E-state index in [9.17, 15) is 14.4 Å². The molecular weight excluding hydrogens is 450 g/mol. The van der Waals surface area contributed by atoms with Crippen molar-refractivity contribution < 1.29 is 23.9 Å². The minimum Gasteiger partial charge on any atom is -0.493 e. The van der Waals surface area contributed by atoms with Gasteiger partial charge in [-0.1, -0.05) is 12.1 Å². The van der Waals surface area contributed by atoms with E-state index in [1.54, 1.807) is 42.1 Å². The molecule has 1 saturated heterocycles. The normalized spacial score (nSPS) is 14.4. The van der Waals surface area contributed by atoms with Crippen LogP contribution in [0.5, 0.6) is 11.5 Å². The van der Waals surface area contributed by atoms with Gasteiger partial charge in [-0.2, -0.15) is 5.26 Å². The van der Waals surface area contributed by atoms with E-state index in [-0.39, 0.29) is 18.1 Å². The van der Waals surface area contributed by atoms with E-state index in [1.165, 1.54) is 7.11 Å². The van der Waals surface area contributed by atoms with Crippen LogP contribution in [0.25, 0.3) is 6.08 Å². The van der Waals surface area contributed by atoms with Gasteiger partial charge in [0.05, 0.1) is 12.0 Å². The number of anilines is 1. The van der Waals surface area contributed by atoms with Crippen LogP contribution < -0.4 is 14.8 Å². The Morgan fingerprint density at radius 1 is 1.25 bits per heavy atom. The predicted octanol–water partition coefficient (Wildman–Crippen LogP) is 3.99. The first-order valence-electron chi connectivity index (χ1n) is 9.32. The first kappa shape index (κ1) is 23.2. The number of imide groups is 1. The lowest BCUT2D eigenvalue weighted by Gasteiger charge is -2.13. The Bertz CT molecular complexity index is 1130. The van der Waals surface area contributed by atoms with Crippen molar-refractivity contribution in [2.75, 3.05) is 31.8 Å². The number of benzene rings is 2. The molecule has 0 unspecified atom stereocenters. The van der Waals surface area contributed by atoms with E-state index in [2.05, 4.69) is 5.32 Å². The van der Waals surface area contributed by atoms with Gasteiger partial charge in [-0.15, -0.1) is 11.8 Å². The van der Waals surface area contributed by atoms with Gasteiger partial charge in [-0.25, -0.2) is 0 Å². The number of rotatable bonds is 8. The van der Waals surface area contributed by atoms with Crippen molar-refractivity contribution in [3.8, 4) is 17.6 Å². The highest BCUT2D eigenvalue weighted by molar-refractivity contribution is 8.18. The minimum absolute atomic E-state index is 0.127. The Balaban J connectivity index is 1.70. The van der Waals surface area contributed by atoms with Gasteiger partial charge in [0, 0.05) is 10.6 Å². The summed E-state index contributed by atoms with van der Waals surface area (Å²) in [5.41, 5.74) is 1.20. The van der Waals surface area contributed by atoms with Crippen LogP contribution in [0.3, 0.4) is 0 Å². The molecule has 1 fully saturated rings. The number of ether oxygens (including phenoxy) is 2.